The van der Waals surface area contributed by atoms with Crippen LogP contribution in [0.15, 0.2) is 40.6 Å². The van der Waals surface area contributed by atoms with E-state index >= 15 is 0 Å². The number of nitrogens with zero attached hydrogens (tertiary/aromatic N) is 4. The number of imidazole rings is 1. The maximum atomic E-state index is 5.92. The van der Waals surface area contributed by atoms with Gasteiger partial charge >= 0.3 is 0 Å². The number of aryl methyl sites for hydroxylation is 1. The van der Waals surface area contributed by atoms with Crippen molar-refractivity contribution < 1.29 is 0 Å². The van der Waals surface area contributed by atoms with Crippen LogP contribution in [0, 0.1) is 6.92 Å². The molecule has 0 aromatic carbocycles. The number of nitrogens with two attached hydrogens (primary N) is 1. The zero-order valence-corrected chi connectivity index (χ0v) is 13.2. The molecule has 1 aromatic heterocycles. The van der Waals surface area contributed by atoms with Gasteiger partial charge in [0.2, 0.25) is 0 Å². The highest BCUT2D eigenvalue weighted by Gasteiger charge is 2.14. The molecule has 0 spiro atoms. The molecule has 0 saturated carbocycles. The van der Waals surface area contributed by atoms with E-state index in [9.17, 15) is 0 Å². The number of allylic oxidation sites excluding steroid dienone is 2. The summed E-state index contributed by atoms with van der Waals surface area (Å²) >= 11 is 0. The number of hydrogen-bond donors (Lipinski definition) is 1. The molecule has 0 unspecified atom stereocenters. The second-order valence-electron chi connectivity index (χ2n) is 5.38. The molecule has 5 heteroatoms. The van der Waals surface area contributed by atoms with E-state index < -0.39 is 0 Å². The summed E-state index contributed by atoms with van der Waals surface area (Å²) in [5, 5.41) is 0. The van der Waals surface area contributed by atoms with Crippen LogP contribution in [-0.4, -0.2) is 27.3 Å². The molecule has 0 bridgehead atoms. The molecule has 1 aliphatic rings. The topological polar surface area (TPSA) is 59.4 Å². The predicted molar refractivity (Wildman–Crippen MR) is 86.7 cm³/mol. The van der Waals surface area contributed by atoms with Crippen LogP contribution in [0.5, 0.6) is 0 Å². The van der Waals surface area contributed by atoms with Crippen molar-refractivity contribution in [2.45, 2.75) is 46.6 Å². The highest BCUT2D eigenvalue weighted by atomic mass is 15.2. The molecule has 0 aliphatic carbocycles. The fraction of sp³-hybridized carbons (Fsp3) is 0.500. The summed E-state index contributed by atoms with van der Waals surface area (Å²) in [6.45, 7) is 7.94. The summed E-state index contributed by atoms with van der Waals surface area (Å²) in [5.41, 5.74) is 9.33. The van der Waals surface area contributed by atoms with Crippen molar-refractivity contribution in [1.82, 2.24) is 14.5 Å². The third kappa shape index (κ3) is 3.97. The van der Waals surface area contributed by atoms with Gasteiger partial charge in [0.1, 0.15) is 5.82 Å². The second-order valence-corrected chi connectivity index (χ2v) is 5.38. The Morgan fingerprint density at radius 1 is 1.43 bits per heavy atom. The predicted octanol–water partition coefficient (Wildman–Crippen LogP) is 2.80. The minimum atomic E-state index is 0.790. The molecule has 5 nitrogen and oxygen atoms in total. The summed E-state index contributed by atoms with van der Waals surface area (Å²) in [6, 6.07) is 0. The normalized spacial score (nSPS) is 16.0. The number of aromatic nitrogens is 2. The SMILES string of the molecule is CCCC1=C(Cn2ccnc2C)N=CN(/C=C(\N)CC)C1. The Bertz CT molecular complexity index is 565. The highest BCUT2D eigenvalue weighted by molar-refractivity contribution is 5.61. The molecule has 2 N–H and O–H groups in total. The Balaban J connectivity index is 2.16. The van der Waals surface area contributed by atoms with Gasteiger partial charge in [-0.3, -0.25) is 0 Å². The van der Waals surface area contributed by atoms with Gasteiger partial charge in [0, 0.05) is 30.8 Å². The molecule has 2 rings (SSSR count). The molecule has 1 aliphatic heterocycles. The lowest BCUT2D eigenvalue weighted by atomic mass is 10.1. The zero-order valence-electron chi connectivity index (χ0n) is 13.2. The molecule has 0 amide bonds. The molecular weight excluding hydrogens is 262 g/mol. The van der Waals surface area contributed by atoms with Crippen molar-refractivity contribution in [1.29, 1.82) is 0 Å². The Morgan fingerprint density at radius 2 is 2.24 bits per heavy atom. The standard InChI is InChI=1S/C16H25N5/c1-4-6-14-9-20(10-15(17)5-2)12-19-16(14)11-21-8-7-18-13(21)3/h7-8,10,12H,4-6,9,11,17H2,1-3H3/b15-10-. The van der Waals surface area contributed by atoms with Crippen molar-refractivity contribution in [3.8, 4) is 0 Å². The highest BCUT2D eigenvalue weighted by Crippen LogP contribution is 2.20. The van der Waals surface area contributed by atoms with Crippen LogP contribution in [-0.2, 0) is 6.54 Å². The van der Waals surface area contributed by atoms with Gasteiger partial charge in [0.15, 0.2) is 0 Å². The van der Waals surface area contributed by atoms with E-state index in [1.807, 2.05) is 31.9 Å². The Kier molecular flexibility index (Phi) is 5.20. The fourth-order valence-corrected chi connectivity index (χ4v) is 2.38. The Labute approximate surface area is 126 Å². The molecule has 1 aromatic rings. The van der Waals surface area contributed by atoms with E-state index in [0.717, 1.165) is 49.6 Å². The van der Waals surface area contributed by atoms with Crippen molar-refractivity contribution in [2.75, 3.05) is 6.54 Å². The summed E-state index contributed by atoms with van der Waals surface area (Å²) < 4.78 is 2.13. The third-order valence-corrected chi connectivity index (χ3v) is 3.68. The van der Waals surface area contributed by atoms with Crippen LogP contribution in [0.2, 0.25) is 0 Å². The van der Waals surface area contributed by atoms with E-state index in [-0.39, 0.29) is 0 Å². The fourth-order valence-electron chi connectivity index (χ4n) is 2.38. The minimum Gasteiger partial charge on any atom is -0.401 e. The minimum absolute atomic E-state index is 0.790. The maximum Gasteiger partial charge on any atom is 0.105 e. The molecule has 0 atom stereocenters. The van der Waals surface area contributed by atoms with Gasteiger partial charge in [-0.1, -0.05) is 20.3 Å². The molecular formula is C16H25N5. The van der Waals surface area contributed by atoms with Crippen LogP contribution in [0.25, 0.3) is 0 Å². The first kappa shape index (κ1) is 15.4. The maximum absolute atomic E-state index is 5.92. The van der Waals surface area contributed by atoms with Gasteiger partial charge in [-0.05, 0) is 25.3 Å². The first-order chi connectivity index (χ1) is 10.1. The quantitative estimate of drug-likeness (QED) is 0.875. The molecule has 0 radical (unpaired) electrons. The van der Waals surface area contributed by atoms with E-state index in [4.69, 9.17) is 5.73 Å². The van der Waals surface area contributed by atoms with E-state index in [2.05, 4.69) is 33.3 Å². The van der Waals surface area contributed by atoms with E-state index in [1.54, 1.807) is 0 Å². The molecule has 0 fully saturated rings. The second kappa shape index (κ2) is 7.11. The van der Waals surface area contributed by atoms with Crippen molar-refractivity contribution in [3.05, 3.63) is 41.4 Å². The first-order valence-electron chi connectivity index (χ1n) is 7.58. The Hall–Kier alpha value is -2.04. The summed E-state index contributed by atoms with van der Waals surface area (Å²) in [5.74, 6) is 1.02. The lowest BCUT2D eigenvalue weighted by Gasteiger charge is -2.24. The van der Waals surface area contributed by atoms with Crippen molar-refractivity contribution >= 4 is 6.34 Å². The first-order valence-corrected chi connectivity index (χ1v) is 7.58. The average molecular weight is 287 g/mol. The van der Waals surface area contributed by atoms with Gasteiger partial charge in [0.25, 0.3) is 0 Å². The van der Waals surface area contributed by atoms with E-state index in [0.29, 0.717) is 0 Å². The zero-order chi connectivity index (χ0) is 15.2. The monoisotopic (exact) mass is 287 g/mol. The smallest absolute Gasteiger partial charge is 0.105 e. The van der Waals surface area contributed by atoms with Gasteiger partial charge in [-0.2, -0.15) is 0 Å². The molecule has 0 saturated heterocycles. The average Bonchev–Trinajstić information content (AvgIpc) is 2.87. The van der Waals surface area contributed by atoms with Gasteiger partial charge in [-0.25, -0.2) is 9.98 Å². The lowest BCUT2D eigenvalue weighted by Crippen LogP contribution is -2.25. The third-order valence-electron chi connectivity index (χ3n) is 3.68. The Morgan fingerprint density at radius 3 is 2.86 bits per heavy atom. The lowest BCUT2D eigenvalue weighted by molar-refractivity contribution is 0.566. The van der Waals surface area contributed by atoms with Gasteiger partial charge in [0.05, 0.1) is 18.6 Å². The largest absolute Gasteiger partial charge is 0.401 e. The van der Waals surface area contributed by atoms with E-state index in [1.165, 1.54) is 5.57 Å². The van der Waals surface area contributed by atoms with Crippen LogP contribution in [0.1, 0.15) is 38.9 Å². The number of rotatable bonds is 6. The van der Waals surface area contributed by atoms with Crippen LogP contribution in [0.3, 0.4) is 0 Å². The molecule has 2 heterocycles. The van der Waals surface area contributed by atoms with Crippen LogP contribution in [0.4, 0.5) is 0 Å². The van der Waals surface area contributed by atoms with Gasteiger partial charge < -0.3 is 15.2 Å². The van der Waals surface area contributed by atoms with Crippen LogP contribution >= 0.6 is 0 Å². The molecule has 21 heavy (non-hydrogen) atoms. The molecule has 114 valence electrons. The van der Waals surface area contributed by atoms with Crippen molar-refractivity contribution in [3.63, 3.8) is 0 Å². The summed E-state index contributed by atoms with van der Waals surface area (Å²) in [4.78, 5) is 11.0. The number of aliphatic imine (C=N–C) groups is 1. The van der Waals surface area contributed by atoms with Gasteiger partial charge in [-0.15, -0.1) is 0 Å². The summed E-state index contributed by atoms with van der Waals surface area (Å²) in [7, 11) is 0. The van der Waals surface area contributed by atoms with Crippen molar-refractivity contribution in [2.24, 2.45) is 10.7 Å². The summed E-state index contributed by atoms with van der Waals surface area (Å²) in [6.07, 6.45) is 10.7. The number of hydrogen-bond acceptors (Lipinski definition) is 4. The van der Waals surface area contributed by atoms with Crippen LogP contribution < -0.4 is 5.73 Å².